The van der Waals surface area contributed by atoms with Crippen LogP contribution in [0.3, 0.4) is 0 Å². The minimum Gasteiger partial charge on any atom is -0.494 e. The lowest BCUT2D eigenvalue weighted by atomic mass is 10.2. The second-order valence-electron chi connectivity index (χ2n) is 6.22. The van der Waals surface area contributed by atoms with Gasteiger partial charge in [-0.25, -0.2) is 0 Å². The van der Waals surface area contributed by atoms with Crippen LogP contribution in [0.4, 0.5) is 0 Å². The monoisotopic (exact) mass is 358 g/mol. The third-order valence-corrected chi connectivity index (χ3v) is 4.78. The molecule has 2 aromatic carbocycles. The Morgan fingerprint density at radius 3 is 2.52 bits per heavy atom. The Morgan fingerprint density at radius 2 is 1.84 bits per heavy atom. The van der Waals surface area contributed by atoms with Crippen molar-refractivity contribution >= 4 is 17.8 Å². The van der Waals surface area contributed by atoms with Crippen LogP contribution in [0.1, 0.15) is 18.1 Å². The molecule has 1 fully saturated rings. The summed E-state index contributed by atoms with van der Waals surface area (Å²) in [6, 6.07) is 16.2. The van der Waals surface area contributed by atoms with Gasteiger partial charge >= 0.3 is 0 Å². The van der Waals surface area contributed by atoms with Crippen molar-refractivity contribution in [2.24, 2.45) is 5.10 Å². The Labute approximate surface area is 154 Å². The van der Waals surface area contributed by atoms with Crippen molar-refractivity contribution in [1.82, 2.24) is 5.01 Å². The third-order valence-electron chi connectivity index (χ3n) is 4.41. The lowest BCUT2D eigenvalue weighted by Gasteiger charge is -2.30. The summed E-state index contributed by atoms with van der Waals surface area (Å²) in [4.78, 5) is 1.56. The summed E-state index contributed by atoms with van der Waals surface area (Å²) in [7, 11) is 0. The van der Waals surface area contributed by atoms with Gasteiger partial charge < -0.3 is 9.64 Å². The van der Waals surface area contributed by atoms with Gasteiger partial charge in [-0.15, -0.1) is 0 Å². The summed E-state index contributed by atoms with van der Waals surface area (Å²) >= 11 is 6.26. The molecule has 0 unspecified atom stereocenters. The molecule has 0 aromatic heterocycles. The van der Waals surface area contributed by atoms with Gasteiger partial charge in [-0.2, -0.15) is 5.10 Å². The minimum absolute atomic E-state index is 0.689. The van der Waals surface area contributed by atoms with Crippen LogP contribution in [0.2, 0.25) is 5.02 Å². The van der Waals surface area contributed by atoms with E-state index in [1.807, 2.05) is 49.5 Å². The molecule has 0 amide bonds. The number of hydrazone groups is 1. The molecule has 5 heteroatoms. The van der Waals surface area contributed by atoms with E-state index < -0.39 is 0 Å². The van der Waals surface area contributed by atoms with Gasteiger partial charge in [0.25, 0.3) is 0 Å². The quantitative estimate of drug-likeness (QED) is 0.804. The fourth-order valence-corrected chi connectivity index (χ4v) is 3.18. The molecule has 132 valence electrons. The predicted octanol–water partition coefficient (Wildman–Crippen LogP) is 2.47. The second-order valence-corrected chi connectivity index (χ2v) is 6.63. The number of nitrogens with zero attached hydrogens (tertiary/aromatic N) is 2. The van der Waals surface area contributed by atoms with Crippen LogP contribution in [0.15, 0.2) is 53.6 Å². The van der Waals surface area contributed by atoms with E-state index in [0.717, 1.165) is 49.1 Å². The Hall–Kier alpha value is -2.04. The first-order chi connectivity index (χ1) is 12.2. The van der Waals surface area contributed by atoms with Crippen LogP contribution in [0.5, 0.6) is 5.75 Å². The lowest BCUT2D eigenvalue weighted by Crippen LogP contribution is -3.13. The molecule has 0 radical (unpaired) electrons. The largest absolute Gasteiger partial charge is 0.494 e. The molecule has 1 saturated heterocycles. The van der Waals surface area contributed by atoms with E-state index in [2.05, 4.69) is 22.2 Å². The van der Waals surface area contributed by atoms with Gasteiger partial charge in [-0.3, -0.25) is 5.01 Å². The van der Waals surface area contributed by atoms with Gasteiger partial charge in [0.15, 0.2) is 0 Å². The first-order valence-electron chi connectivity index (χ1n) is 8.83. The topological polar surface area (TPSA) is 29.3 Å². The molecule has 0 aliphatic carbocycles. The summed E-state index contributed by atoms with van der Waals surface area (Å²) in [5.74, 6) is 0.899. The number of benzene rings is 2. The van der Waals surface area contributed by atoms with Crippen molar-refractivity contribution < 1.29 is 9.64 Å². The maximum atomic E-state index is 6.26. The van der Waals surface area contributed by atoms with Crippen LogP contribution in [-0.4, -0.2) is 44.0 Å². The van der Waals surface area contributed by atoms with Gasteiger partial charge in [0, 0.05) is 10.6 Å². The SMILES string of the molecule is CCOc1ccc(C=NN2CC[NH+](Cc3ccccc3Cl)CC2)cc1. The number of quaternary nitrogens is 1. The maximum absolute atomic E-state index is 6.26. The molecular formula is C20H25ClN3O+. The van der Waals surface area contributed by atoms with Crippen molar-refractivity contribution in [2.75, 3.05) is 32.8 Å². The number of rotatable bonds is 6. The van der Waals surface area contributed by atoms with E-state index in [9.17, 15) is 0 Å². The van der Waals surface area contributed by atoms with Crippen LogP contribution < -0.4 is 9.64 Å². The first-order valence-corrected chi connectivity index (χ1v) is 9.21. The molecule has 1 N–H and O–H groups in total. The highest BCUT2D eigenvalue weighted by molar-refractivity contribution is 6.31. The zero-order valence-corrected chi connectivity index (χ0v) is 15.4. The van der Waals surface area contributed by atoms with Gasteiger partial charge in [0.05, 0.1) is 39.0 Å². The number of ether oxygens (including phenoxy) is 1. The lowest BCUT2D eigenvalue weighted by molar-refractivity contribution is -0.918. The number of piperazine rings is 1. The molecule has 1 heterocycles. The Kier molecular flexibility index (Phi) is 6.31. The highest BCUT2D eigenvalue weighted by atomic mass is 35.5. The van der Waals surface area contributed by atoms with Crippen molar-refractivity contribution in [1.29, 1.82) is 0 Å². The van der Waals surface area contributed by atoms with E-state index in [1.54, 1.807) is 4.90 Å². The molecule has 4 nitrogen and oxygen atoms in total. The van der Waals surface area contributed by atoms with Crippen LogP contribution in [0, 0.1) is 0 Å². The van der Waals surface area contributed by atoms with Gasteiger partial charge in [0.1, 0.15) is 12.3 Å². The minimum atomic E-state index is 0.689. The van der Waals surface area contributed by atoms with Crippen molar-refractivity contribution in [3.8, 4) is 5.75 Å². The predicted molar refractivity (Wildman–Crippen MR) is 103 cm³/mol. The third kappa shape index (κ3) is 5.21. The highest BCUT2D eigenvalue weighted by Gasteiger charge is 2.19. The number of hydrogen-bond acceptors (Lipinski definition) is 3. The fraction of sp³-hybridized carbons (Fsp3) is 0.350. The van der Waals surface area contributed by atoms with E-state index in [-0.39, 0.29) is 0 Å². The Balaban J connectivity index is 1.48. The number of hydrogen-bond donors (Lipinski definition) is 1. The molecule has 2 aromatic rings. The standard InChI is InChI=1S/C20H24ClN3O/c1-2-25-19-9-7-17(8-10-19)15-22-24-13-11-23(12-14-24)16-18-5-3-4-6-20(18)21/h3-10,15H,2,11-14,16H2,1H3/p+1. The summed E-state index contributed by atoms with van der Waals surface area (Å²) in [6.07, 6.45) is 1.93. The maximum Gasteiger partial charge on any atom is 0.119 e. The van der Waals surface area contributed by atoms with Gasteiger partial charge in [-0.05, 0) is 42.8 Å². The zero-order chi connectivity index (χ0) is 17.5. The molecule has 0 atom stereocenters. The average Bonchev–Trinajstić information content (AvgIpc) is 2.64. The molecule has 1 aliphatic rings. The number of halogens is 1. The fourth-order valence-electron chi connectivity index (χ4n) is 2.98. The van der Waals surface area contributed by atoms with E-state index >= 15 is 0 Å². The molecule has 1 aliphatic heterocycles. The number of nitrogens with one attached hydrogen (secondary N) is 1. The summed E-state index contributed by atoms with van der Waals surface area (Å²) < 4.78 is 5.46. The van der Waals surface area contributed by atoms with Crippen LogP contribution >= 0.6 is 11.6 Å². The summed E-state index contributed by atoms with van der Waals surface area (Å²) in [5, 5.41) is 7.63. The second kappa shape index (κ2) is 8.88. The summed E-state index contributed by atoms with van der Waals surface area (Å²) in [6.45, 7) is 7.74. The zero-order valence-electron chi connectivity index (χ0n) is 14.6. The van der Waals surface area contributed by atoms with Crippen molar-refractivity contribution in [2.45, 2.75) is 13.5 Å². The average molecular weight is 359 g/mol. The van der Waals surface area contributed by atoms with Crippen LogP contribution in [0.25, 0.3) is 0 Å². The molecule has 0 saturated carbocycles. The van der Waals surface area contributed by atoms with E-state index in [0.29, 0.717) is 6.61 Å². The van der Waals surface area contributed by atoms with E-state index in [1.165, 1.54) is 5.56 Å². The Morgan fingerprint density at radius 1 is 1.12 bits per heavy atom. The molecule has 0 bridgehead atoms. The van der Waals surface area contributed by atoms with Crippen molar-refractivity contribution in [3.63, 3.8) is 0 Å². The molecular weight excluding hydrogens is 334 g/mol. The van der Waals surface area contributed by atoms with Crippen LogP contribution in [-0.2, 0) is 6.54 Å². The normalized spacial score (nSPS) is 15.7. The molecule has 3 rings (SSSR count). The molecule has 25 heavy (non-hydrogen) atoms. The smallest absolute Gasteiger partial charge is 0.119 e. The summed E-state index contributed by atoms with van der Waals surface area (Å²) in [5.41, 5.74) is 2.32. The molecule has 0 spiro atoms. The van der Waals surface area contributed by atoms with E-state index in [4.69, 9.17) is 16.3 Å². The van der Waals surface area contributed by atoms with Crippen molar-refractivity contribution in [3.05, 3.63) is 64.7 Å². The van der Waals surface area contributed by atoms with Gasteiger partial charge in [-0.1, -0.05) is 29.8 Å². The Bertz CT molecular complexity index is 694. The van der Waals surface area contributed by atoms with Gasteiger partial charge in [0.2, 0.25) is 0 Å². The first kappa shape index (κ1) is 17.8. The highest BCUT2D eigenvalue weighted by Crippen LogP contribution is 2.13.